The minimum absolute atomic E-state index is 0.00262. The summed E-state index contributed by atoms with van der Waals surface area (Å²) in [7, 11) is 0. The summed E-state index contributed by atoms with van der Waals surface area (Å²) in [6, 6.07) is 5.91. The summed E-state index contributed by atoms with van der Waals surface area (Å²) in [4.78, 5) is 11.9. The normalized spacial score (nSPS) is 12.7. The standard InChI is InChI=1S/C16H18F3NO3/c1-2-3-7-22-11-23-10-15(21)14(9-20)12-5-4-6-13(8-12)16(17,18)19/h4-6,8,14H,2-3,7,10-11H2,1H3. The van der Waals surface area contributed by atoms with Gasteiger partial charge in [-0.25, -0.2) is 0 Å². The van der Waals surface area contributed by atoms with E-state index >= 15 is 0 Å². The van der Waals surface area contributed by atoms with Crippen LogP contribution in [0.5, 0.6) is 0 Å². The van der Waals surface area contributed by atoms with Gasteiger partial charge in [0.15, 0.2) is 5.78 Å². The first-order valence-corrected chi connectivity index (χ1v) is 7.15. The minimum Gasteiger partial charge on any atom is -0.355 e. The number of benzene rings is 1. The number of halogens is 3. The van der Waals surface area contributed by atoms with E-state index in [1.807, 2.05) is 6.92 Å². The van der Waals surface area contributed by atoms with E-state index < -0.39 is 23.4 Å². The number of nitrogens with zero attached hydrogens (tertiary/aromatic N) is 1. The van der Waals surface area contributed by atoms with Gasteiger partial charge in [0.2, 0.25) is 0 Å². The van der Waals surface area contributed by atoms with Crippen LogP contribution in [0.4, 0.5) is 13.2 Å². The van der Waals surface area contributed by atoms with E-state index in [9.17, 15) is 18.0 Å². The third-order valence-corrected chi connectivity index (χ3v) is 3.05. The van der Waals surface area contributed by atoms with Gasteiger partial charge in [-0.2, -0.15) is 18.4 Å². The average molecular weight is 329 g/mol. The quantitative estimate of drug-likeness (QED) is 0.512. The summed E-state index contributed by atoms with van der Waals surface area (Å²) >= 11 is 0. The van der Waals surface area contributed by atoms with E-state index in [1.54, 1.807) is 6.07 Å². The summed E-state index contributed by atoms with van der Waals surface area (Å²) in [6.45, 7) is 2.02. The van der Waals surface area contributed by atoms with Gasteiger partial charge >= 0.3 is 6.18 Å². The molecule has 0 heterocycles. The van der Waals surface area contributed by atoms with Gasteiger partial charge in [0, 0.05) is 6.61 Å². The monoisotopic (exact) mass is 329 g/mol. The van der Waals surface area contributed by atoms with Crippen LogP contribution in [-0.4, -0.2) is 25.8 Å². The van der Waals surface area contributed by atoms with Crippen molar-refractivity contribution in [2.24, 2.45) is 0 Å². The van der Waals surface area contributed by atoms with E-state index in [0.29, 0.717) is 6.61 Å². The second kappa shape index (κ2) is 9.28. The van der Waals surface area contributed by atoms with Crippen LogP contribution in [0, 0.1) is 11.3 Å². The number of rotatable bonds is 9. The lowest BCUT2D eigenvalue weighted by atomic mass is 9.95. The molecule has 1 atom stereocenters. The molecule has 1 aromatic rings. The van der Waals surface area contributed by atoms with Gasteiger partial charge in [-0.1, -0.05) is 31.5 Å². The first-order chi connectivity index (χ1) is 10.9. The number of alkyl halides is 3. The fourth-order valence-corrected chi connectivity index (χ4v) is 1.82. The van der Waals surface area contributed by atoms with Crippen molar-refractivity contribution in [2.45, 2.75) is 31.9 Å². The Balaban J connectivity index is 2.62. The molecule has 0 aliphatic rings. The summed E-state index contributed by atoms with van der Waals surface area (Å²) in [5.74, 6) is -1.90. The Morgan fingerprint density at radius 1 is 1.35 bits per heavy atom. The highest BCUT2D eigenvalue weighted by molar-refractivity contribution is 5.89. The van der Waals surface area contributed by atoms with Gasteiger partial charge in [-0.15, -0.1) is 0 Å². The molecule has 0 aliphatic carbocycles. The highest BCUT2D eigenvalue weighted by Gasteiger charge is 2.31. The van der Waals surface area contributed by atoms with Gasteiger partial charge in [0.1, 0.15) is 19.3 Å². The molecule has 0 N–H and O–H groups in total. The Hall–Kier alpha value is -1.91. The average Bonchev–Trinajstić information content (AvgIpc) is 2.51. The maximum Gasteiger partial charge on any atom is 0.416 e. The highest BCUT2D eigenvalue weighted by atomic mass is 19.4. The largest absolute Gasteiger partial charge is 0.416 e. The molecule has 1 aromatic carbocycles. The molecule has 0 radical (unpaired) electrons. The minimum atomic E-state index is -4.53. The van der Waals surface area contributed by atoms with Crippen LogP contribution in [0.2, 0.25) is 0 Å². The van der Waals surface area contributed by atoms with Crippen molar-refractivity contribution in [2.75, 3.05) is 20.0 Å². The van der Waals surface area contributed by atoms with Crippen LogP contribution >= 0.6 is 0 Å². The number of carbonyl (C=O) groups excluding carboxylic acids is 1. The van der Waals surface area contributed by atoms with Gasteiger partial charge in [0.05, 0.1) is 11.6 Å². The van der Waals surface area contributed by atoms with Gasteiger partial charge in [-0.05, 0) is 18.1 Å². The molecular formula is C16H18F3NO3. The molecule has 1 unspecified atom stereocenters. The number of hydrogen-bond donors (Lipinski definition) is 0. The van der Waals surface area contributed by atoms with Gasteiger partial charge < -0.3 is 9.47 Å². The number of ether oxygens (including phenoxy) is 2. The molecule has 0 spiro atoms. The Labute approximate surface area is 132 Å². The maximum absolute atomic E-state index is 12.7. The van der Waals surface area contributed by atoms with Crippen molar-refractivity contribution in [1.82, 2.24) is 0 Å². The number of ketones is 1. The molecule has 0 fully saturated rings. The zero-order chi connectivity index (χ0) is 17.3. The van der Waals surface area contributed by atoms with Gasteiger partial charge in [-0.3, -0.25) is 4.79 Å². The number of nitriles is 1. The number of carbonyl (C=O) groups is 1. The second-order valence-corrected chi connectivity index (χ2v) is 4.88. The zero-order valence-electron chi connectivity index (χ0n) is 12.7. The lowest BCUT2D eigenvalue weighted by Crippen LogP contribution is -2.19. The highest BCUT2D eigenvalue weighted by Crippen LogP contribution is 2.31. The molecule has 23 heavy (non-hydrogen) atoms. The zero-order valence-corrected chi connectivity index (χ0v) is 12.7. The van der Waals surface area contributed by atoms with Crippen molar-refractivity contribution in [3.05, 3.63) is 35.4 Å². The molecule has 0 saturated carbocycles. The molecule has 7 heteroatoms. The van der Waals surface area contributed by atoms with Crippen LogP contribution in [0.15, 0.2) is 24.3 Å². The first kappa shape index (κ1) is 19.1. The Bertz CT molecular complexity index is 552. The Morgan fingerprint density at radius 3 is 2.70 bits per heavy atom. The summed E-state index contributed by atoms with van der Waals surface area (Å²) < 4.78 is 48.1. The number of Topliss-reactive ketones (excluding diaryl/α,β-unsaturated/α-hetero) is 1. The van der Waals surface area contributed by atoms with Crippen molar-refractivity contribution in [1.29, 1.82) is 5.26 Å². The molecule has 0 aliphatic heterocycles. The van der Waals surface area contributed by atoms with Crippen LogP contribution in [0.1, 0.15) is 36.8 Å². The lowest BCUT2D eigenvalue weighted by molar-refractivity contribution is -0.137. The van der Waals surface area contributed by atoms with Crippen LogP contribution in [0.3, 0.4) is 0 Å². The molecule has 0 aromatic heterocycles. The topological polar surface area (TPSA) is 59.3 Å². The molecule has 4 nitrogen and oxygen atoms in total. The SMILES string of the molecule is CCCCOCOCC(=O)C(C#N)c1cccc(C(F)(F)F)c1. The maximum atomic E-state index is 12.7. The van der Waals surface area contributed by atoms with E-state index in [2.05, 4.69) is 0 Å². The van der Waals surface area contributed by atoms with E-state index in [-0.39, 0.29) is 19.0 Å². The van der Waals surface area contributed by atoms with Crippen LogP contribution in [-0.2, 0) is 20.4 Å². The number of unbranched alkanes of at least 4 members (excludes halogenated alkanes) is 1. The molecule has 0 bridgehead atoms. The second-order valence-electron chi connectivity index (χ2n) is 4.88. The summed E-state index contributed by atoms with van der Waals surface area (Å²) in [6.07, 6.45) is -2.70. The van der Waals surface area contributed by atoms with Crippen molar-refractivity contribution >= 4 is 5.78 Å². The summed E-state index contributed by atoms with van der Waals surface area (Å²) in [5, 5.41) is 9.08. The van der Waals surface area contributed by atoms with Crippen LogP contribution < -0.4 is 0 Å². The third kappa shape index (κ3) is 6.38. The van der Waals surface area contributed by atoms with Crippen molar-refractivity contribution in [3.63, 3.8) is 0 Å². The fourth-order valence-electron chi connectivity index (χ4n) is 1.82. The molecule has 126 valence electrons. The third-order valence-electron chi connectivity index (χ3n) is 3.05. The Morgan fingerprint density at radius 2 is 2.09 bits per heavy atom. The molecular weight excluding hydrogens is 311 g/mol. The number of hydrogen-bond acceptors (Lipinski definition) is 4. The molecule has 0 amide bonds. The van der Waals surface area contributed by atoms with E-state index in [1.165, 1.54) is 12.1 Å². The smallest absolute Gasteiger partial charge is 0.355 e. The predicted molar refractivity (Wildman–Crippen MR) is 76.5 cm³/mol. The van der Waals surface area contributed by atoms with Crippen molar-refractivity contribution in [3.8, 4) is 6.07 Å². The fraction of sp³-hybridized carbons (Fsp3) is 0.500. The van der Waals surface area contributed by atoms with Gasteiger partial charge in [0.25, 0.3) is 0 Å². The van der Waals surface area contributed by atoms with E-state index in [4.69, 9.17) is 14.7 Å². The lowest BCUT2D eigenvalue weighted by Gasteiger charge is -2.12. The van der Waals surface area contributed by atoms with Crippen LogP contribution in [0.25, 0.3) is 0 Å². The first-order valence-electron chi connectivity index (χ1n) is 7.15. The predicted octanol–water partition coefficient (Wildman–Crippen LogP) is 3.67. The molecule has 1 rings (SSSR count). The van der Waals surface area contributed by atoms with E-state index in [0.717, 1.165) is 25.0 Å². The van der Waals surface area contributed by atoms with Crippen molar-refractivity contribution < 1.29 is 27.4 Å². The Kier molecular flexibility index (Phi) is 7.72. The molecule has 0 saturated heterocycles. The summed E-state index contributed by atoms with van der Waals surface area (Å²) in [5.41, 5.74) is -0.894.